The molecule has 0 unspecified atom stereocenters. The zero-order valence-electron chi connectivity index (χ0n) is 18.0. The van der Waals surface area contributed by atoms with E-state index in [1.165, 1.54) is 22.9 Å². The average Bonchev–Trinajstić information content (AvgIpc) is 2.73. The van der Waals surface area contributed by atoms with E-state index in [1.807, 2.05) is 13.1 Å². The third-order valence-electron chi connectivity index (χ3n) is 5.02. The summed E-state index contributed by atoms with van der Waals surface area (Å²) in [6, 6.07) is 6.48. The van der Waals surface area contributed by atoms with Gasteiger partial charge in [-0.2, -0.15) is 0 Å². The molecule has 1 heterocycles. The van der Waals surface area contributed by atoms with Gasteiger partial charge in [0.25, 0.3) is 0 Å². The Labute approximate surface area is 174 Å². The number of hydrazine groups is 1. The van der Waals surface area contributed by atoms with Gasteiger partial charge in [0.1, 0.15) is 6.67 Å². The first-order valence-electron chi connectivity index (χ1n) is 10.0. The van der Waals surface area contributed by atoms with Gasteiger partial charge in [-0.25, -0.2) is 4.39 Å². The molecule has 1 aliphatic rings. The molecule has 0 aromatic heterocycles. The third-order valence-corrected chi connectivity index (χ3v) is 5.02. The van der Waals surface area contributed by atoms with Gasteiger partial charge in [-0.15, -0.1) is 5.73 Å². The Bertz CT molecular complexity index is 870. The third kappa shape index (κ3) is 5.30. The second-order valence-electron chi connectivity index (χ2n) is 7.22. The number of alkyl halides is 1. The maximum Gasteiger partial charge on any atom is 0.108 e. The van der Waals surface area contributed by atoms with Crippen molar-refractivity contribution in [2.75, 3.05) is 30.2 Å². The van der Waals surface area contributed by atoms with Gasteiger partial charge in [0.05, 0.1) is 11.4 Å². The largest absolute Gasteiger partial charge is 0.341 e. The number of fused-ring (bicyclic) bond motifs is 1. The molecule has 29 heavy (non-hydrogen) atoms. The summed E-state index contributed by atoms with van der Waals surface area (Å²) in [5.41, 5.74) is 13.0. The van der Waals surface area contributed by atoms with E-state index in [9.17, 15) is 4.39 Å². The van der Waals surface area contributed by atoms with Gasteiger partial charge in [0, 0.05) is 37.5 Å². The number of allylic oxidation sites excluding steroid dienone is 6. The Morgan fingerprint density at radius 3 is 2.72 bits per heavy atom. The lowest BCUT2D eigenvalue weighted by Crippen LogP contribution is -2.37. The molecular formula is C25H32FN3. The number of nitrogens with one attached hydrogen (secondary N) is 1. The van der Waals surface area contributed by atoms with Gasteiger partial charge in [-0.05, 0) is 42.2 Å². The monoisotopic (exact) mass is 393 g/mol. The van der Waals surface area contributed by atoms with Crippen LogP contribution in [-0.2, 0) is 0 Å². The van der Waals surface area contributed by atoms with Gasteiger partial charge in [0.15, 0.2) is 0 Å². The van der Waals surface area contributed by atoms with Crippen molar-refractivity contribution in [2.45, 2.75) is 27.2 Å². The summed E-state index contributed by atoms with van der Waals surface area (Å²) in [4.78, 5) is 2.09. The van der Waals surface area contributed by atoms with E-state index in [-0.39, 0.29) is 0 Å². The van der Waals surface area contributed by atoms with Gasteiger partial charge in [-0.1, -0.05) is 51.3 Å². The van der Waals surface area contributed by atoms with Crippen LogP contribution in [0.2, 0.25) is 0 Å². The van der Waals surface area contributed by atoms with Crippen LogP contribution >= 0.6 is 0 Å². The van der Waals surface area contributed by atoms with E-state index in [0.29, 0.717) is 12.3 Å². The molecule has 0 radical (unpaired) electrons. The fourth-order valence-electron chi connectivity index (χ4n) is 3.40. The molecule has 1 aliphatic heterocycles. The maximum atomic E-state index is 12.6. The number of anilines is 2. The van der Waals surface area contributed by atoms with Crippen LogP contribution in [0.4, 0.5) is 15.8 Å². The van der Waals surface area contributed by atoms with E-state index in [0.717, 1.165) is 23.5 Å². The summed E-state index contributed by atoms with van der Waals surface area (Å²) >= 11 is 0. The highest BCUT2D eigenvalue weighted by Crippen LogP contribution is 2.37. The molecule has 4 heteroatoms. The van der Waals surface area contributed by atoms with E-state index >= 15 is 0 Å². The number of hydrogen-bond donors (Lipinski definition) is 1. The highest BCUT2D eigenvalue weighted by atomic mass is 19.1. The summed E-state index contributed by atoms with van der Waals surface area (Å²) in [7, 11) is 2.01. The van der Waals surface area contributed by atoms with Crippen LogP contribution in [0, 0.1) is 5.92 Å². The molecule has 2 rings (SSSR count). The number of halogens is 1. The molecular weight excluding hydrogens is 361 g/mol. The molecule has 1 aromatic carbocycles. The van der Waals surface area contributed by atoms with E-state index < -0.39 is 6.67 Å². The predicted octanol–water partition coefficient (Wildman–Crippen LogP) is 6.16. The Balaban J connectivity index is 2.39. The van der Waals surface area contributed by atoms with Crippen LogP contribution in [0.5, 0.6) is 0 Å². The van der Waals surface area contributed by atoms with Crippen molar-refractivity contribution < 1.29 is 4.39 Å². The molecule has 0 bridgehead atoms. The molecule has 3 nitrogen and oxygen atoms in total. The summed E-state index contributed by atoms with van der Waals surface area (Å²) < 4.78 is 12.6. The minimum absolute atomic E-state index is 0.406. The number of benzene rings is 1. The lowest BCUT2D eigenvalue weighted by atomic mass is 9.93. The van der Waals surface area contributed by atoms with E-state index in [4.69, 9.17) is 0 Å². The molecule has 1 N–H and O–H groups in total. The number of nitrogens with zero attached hydrogens (tertiary/aromatic N) is 2. The van der Waals surface area contributed by atoms with E-state index in [2.05, 4.69) is 79.4 Å². The summed E-state index contributed by atoms with van der Waals surface area (Å²) in [6.07, 6.45) is 9.57. The Kier molecular flexibility index (Phi) is 8.11. The Morgan fingerprint density at radius 2 is 2.14 bits per heavy atom. The molecule has 0 amide bonds. The fraction of sp³-hybridized carbons (Fsp3) is 0.320. The van der Waals surface area contributed by atoms with Crippen LogP contribution in [0.1, 0.15) is 32.8 Å². The fourth-order valence-corrected chi connectivity index (χ4v) is 3.40. The van der Waals surface area contributed by atoms with Crippen LogP contribution in [0.25, 0.3) is 5.57 Å². The molecule has 0 fully saturated rings. The summed E-state index contributed by atoms with van der Waals surface area (Å²) in [5, 5.41) is 2.14. The second kappa shape index (κ2) is 10.5. The first kappa shape index (κ1) is 22.3. The molecule has 0 aliphatic carbocycles. The first-order chi connectivity index (χ1) is 14.0. The number of rotatable bonds is 9. The normalized spacial score (nSPS) is 13.7. The second-order valence-corrected chi connectivity index (χ2v) is 7.22. The molecule has 1 aromatic rings. The van der Waals surface area contributed by atoms with Gasteiger partial charge in [0.2, 0.25) is 0 Å². The molecule has 0 spiro atoms. The van der Waals surface area contributed by atoms with Gasteiger partial charge >= 0.3 is 0 Å². The zero-order chi connectivity index (χ0) is 21.4. The van der Waals surface area contributed by atoms with Crippen molar-refractivity contribution in [1.29, 1.82) is 0 Å². The van der Waals surface area contributed by atoms with Crippen LogP contribution in [0.15, 0.2) is 78.9 Å². The Hall–Kier alpha value is -2.97. The minimum Gasteiger partial charge on any atom is -0.341 e. The maximum absolute atomic E-state index is 12.6. The van der Waals surface area contributed by atoms with Crippen LogP contribution in [0.3, 0.4) is 0 Å². The van der Waals surface area contributed by atoms with Crippen LogP contribution in [-0.4, -0.2) is 20.3 Å². The zero-order valence-corrected chi connectivity index (χ0v) is 18.0. The minimum atomic E-state index is -0.492. The van der Waals surface area contributed by atoms with Crippen molar-refractivity contribution in [2.24, 2.45) is 5.92 Å². The van der Waals surface area contributed by atoms with Gasteiger partial charge < -0.3 is 10.3 Å². The standard InChI is InChI=1S/C25H32FN3/c1-7-11-20(12-10-15-26)16-21(8-2)28(6)22-13-14-25-23(17-22)24(19(4)5)18-27-29(25)9-3/h7,10-14,17-19,27H,1-2,9,15-16H2,3-6H3/b12-10-,20-11+. The summed E-state index contributed by atoms with van der Waals surface area (Å²) in [5.74, 6) is 0.406. The smallest absolute Gasteiger partial charge is 0.108 e. The molecule has 0 saturated carbocycles. The highest BCUT2D eigenvalue weighted by molar-refractivity contribution is 5.82. The topological polar surface area (TPSA) is 18.5 Å². The predicted molar refractivity (Wildman–Crippen MR) is 124 cm³/mol. The van der Waals surface area contributed by atoms with Crippen molar-refractivity contribution in [1.82, 2.24) is 5.43 Å². The number of hydrogen-bond acceptors (Lipinski definition) is 3. The Morgan fingerprint density at radius 1 is 1.38 bits per heavy atom. The quantitative estimate of drug-likeness (QED) is 0.400. The first-order valence-corrected chi connectivity index (χ1v) is 10.0. The average molecular weight is 394 g/mol. The van der Waals surface area contributed by atoms with Gasteiger partial charge in [-0.3, -0.25) is 5.01 Å². The lowest BCUT2D eigenvalue weighted by molar-refractivity contribution is 0.561. The molecule has 0 saturated heterocycles. The van der Waals surface area contributed by atoms with Crippen molar-refractivity contribution in [3.63, 3.8) is 0 Å². The van der Waals surface area contributed by atoms with Crippen LogP contribution < -0.4 is 15.3 Å². The highest BCUT2D eigenvalue weighted by Gasteiger charge is 2.21. The summed E-state index contributed by atoms with van der Waals surface area (Å²) in [6.45, 7) is 14.5. The van der Waals surface area contributed by atoms with Crippen molar-refractivity contribution in [3.8, 4) is 0 Å². The van der Waals surface area contributed by atoms with Crippen molar-refractivity contribution >= 4 is 16.9 Å². The van der Waals surface area contributed by atoms with E-state index in [1.54, 1.807) is 12.2 Å². The molecule has 0 atom stereocenters. The molecule has 154 valence electrons. The van der Waals surface area contributed by atoms with Crippen molar-refractivity contribution in [3.05, 3.63) is 84.4 Å². The lowest BCUT2D eigenvalue weighted by Gasteiger charge is -2.33. The SMILES string of the molecule is C=C=C(CC(/C=C\CF)=C/C=C)N(C)c1ccc2c(c1)C(C(C)C)=CNN2CC.